The van der Waals surface area contributed by atoms with E-state index in [4.69, 9.17) is 10.5 Å². The molecular weight excluding hydrogens is 338 g/mol. The van der Waals surface area contributed by atoms with Crippen LogP contribution in [0.2, 0.25) is 0 Å². The van der Waals surface area contributed by atoms with Gasteiger partial charge >= 0.3 is 0 Å². The smallest absolute Gasteiger partial charge is 0.193 e. The molecule has 1 heterocycles. The van der Waals surface area contributed by atoms with Crippen LogP contribution >= 0.6 is 0 Å². The number of hydrogen-bond acceptors (Lipinski definition) is 4. The van der Waals surface area contributed by atoms with Crippen LogP contribution in [0.15, 0.2) is 53.5 Å². The summed E-state index contributed by atoms with van der Waals surface area (Å²) in [6, 6.07) is 16.3. The second-order valence-electron chi connectivity index (χ2n) is 6.92. The van der Waals surface area contributed by atoms with Crippen molar-refractivity contribution in [2.45, 2.75) is 13.1 Å². The molecule has 1 aliphatic rings. The number of nitrogens with one attached hydrogen (secondary N) is 1. The summed E-state index contributed by atoms with van der Waals surface area (Å²) in [5.41, 5.74) is 9.30. The third kappa shape index (κ3) is 5.70. The number of methoxy groups -OCH3 is 1. The van der Waals surface area contributed by atoms with Gasteiger partial charge in [-0.2, -0.15) is 0 Å². The third-order valence-corrected chi connectivity index (χ3v) is 4.83. The van der Waals surface area contributed by atoms with Crippen LogP contribution < -0.4 is 15.8 Å². The van der Waals surface area contributed by atoms with Crippen LogP contribution in [0, 0.1) is 0 Å². The molecule has 0 aliphatic carbocycles. The highest BCUT2D eigenvalue weighted by Gasteiger charge is 2.13. The zero-order valence-electron chi connectivity index (χ0n) is 16.2. The lowest BCUT2D eigenvalue weighted by Gasteiger charge is -2.32. The molecule has 0 saturated carbocycles. The number of nitrogens with zero attached hydrogens (tertiary/aromatic N) is 3. The van der Waals surface area contributed by atoms with Crippen LogP contribution in [0.25, 0.3) is 0 Å². The predicted octanol–water partition coefficient (Wildman–Crippen LogP) is 2.37. The van der Waals surface area contributed by atoms with Crippen molar-refractivity contribution in [3.8, 4) is 5.75 Å². The maximum absolute atomic E-state index is 6.01. The van der Waals surface area contributed by atoms with E-state index in [0.717, 1.165) is 49.7 Å². The van der Waals surface area contributed by atoms with E-state index in [1.807, 2.05) is 24.3 Å². The van der Waals surface area contributed by atoms with Crippen LogP contribution in [-0.2, 0) is 13.1 Å². The molecule has 0 spiro atoms. The van der Waals surface area contributed by atoms with Crippen molar-refractivity contribution in [1.29, 1.82) is 0 Å². The molecule has 0 aromatic heterocycles. The number of ether oxygens (including phenoxy) is 1. The first-order chi connectivity index (χ1) is 13.1. The molecule has 6 heteroatoms. The minimum absolute atomic E-state index is 0.376. The summed E-state index contributed by atoms with van der Waals surface area (Å²) in [4.78, 5) is 9.31. The fourth-order valence-electron chi connectivity index (χ4n) is 3.12. The molecule has 6 nitrogen and oxygen atoms in total. The molecule has 0 atom stereocenters. The number of para-hydroxylation sites is 2. The summed E-state index contributed by atoms with van der Waals surface area (Å²) in [6.07, 6.45) is 0. The zero-order valence-corrected chi connectivity index (χ0v) is 16.2. The number of rotatable bonds is 6. The number of benzene rings is 2. The Kier molecular flexibility index (Phi) is 6.68. The Morgan fingerprint density at radius 2 is 1.70 bits per heavy atom. The first kappa shape index (κ1) is 19.2. The molecule has 2 aromatic carbocycles. The van der Waals surface area contributed by atoms with Crippen molar-refractivity contribution in [1.82, 2.24) is 9.80 Å². The van der Waals surface area contributed by atoms with Crippen LogP contribution in [-0.4, -0.2) is 56.1 Å². The Morgan fingerprint density at radius 3 is 2.41 bits per heavy atom. The molecule has 1 aliphatic heterocycles. The van der Waals surface area contributed by atoms with Gasteiger partial charge in [0.2, 0.25) is 0 Å². The maximum Gasteiger partial charge on any atom is 0.193 e. The predicted molar refractivity (Wildman–Crippen MR) is 111 cm³/mol. The Morgan fingerprint density at radius 1 is 1.04 bits per heavy atom. The molecule has 0 unspecified atom stereocenters. The molecule has 1 saturated heterocycles. The minimum atomic E-state index is 0.376. The molecule has 2 aromatic rings. The van der Waals surface area contributed by atoms with E-state index in [0.29, 0.717) is 12.5 Å². The topological polar surface area (TPSA) is 66.1 Å². The lowest BCUT2D eigenvalue weighted by molar-refractivity contribution is 0.148. The first-order valence-electron chi connectivity index (χ1n) is 9.33. The Bertz CT molecular complexity index is 751. The van der Waals surface area contributed by atoms with E-state index in [1.54, 1.807) is 7.11 Å². The van der Waals surface area contributed by atoms with Crippen molar-refractivity contribution in [3.05, 3.63) is 59.7 Å². The molecule has 1 fully saturated rings. The molecule has 3 rings (SSSR count). The van der Waals surface area contributed by atoms with Gasteiger partial charge in [-0.1, -0.05) is 36.4 Å². The van der Waals surface area contributed by atoms with Gasteiger partial charge in [0.15, 0.2) is 5.96 Å². The average Bonchev–Trinajstić information content (AvgIpc) is 2.69. The molecular formula is C21H29N5O. The number of hydrogen-bond donors (Lipinski definition) is 2. The summed E-state index contributed by atoms with van der Waals surface area (Å²) in [5, 5.41) is 3.09. The lowest BCUT2D eigenvalue weighted by atomic mass is 10.1. The highest BCUT2D eigenvalue weighted by molar-refractivity contribution is 5.93. The second-order valence-corrected chi connectivity index (χ2v) is 6.92. The monoisotopic (exact) mass is 367 g/mol. The molecule has 3 N–H and O–H groups in total. The quantitative estimate of drug-likeness (QED) is 0.606. The standard InChI is InChI=1S/C21H29N5O/c1-25-11-13-26(14-12-25)16-18-9-7-17(8-10-18)15-23-21(22)24-19-5-3-4-6-20(19)27-2/h3-10H,11-16H2,1-2H3,(H3,22,23,24). The number of piperazine rings is 1. The van der Waals surface area contributed by atoms with Crippen molar-refractivity contribution in [3.63, 3.8) is 0 Å². The van der Waals surface area contributed by atoms with Crippen LogP contribution in [0.4, 0.5) is 5.69 Å². The minimum Gasteiger partial charge on any atom is -0.495 e. The summed E-state index contributed by atoms with van der Waals surface area (Å²) in [5.74, 6) is 1.12. The summed E-state index contributed by atoms with van der Waals surface area (Å²) < 4.78 is 5.31. The number of likely N-dealkylation sites (N-methyl/N-ethyl adjacent to an activating group) is 1. The van der Waals surface area contributed by atoms with Gasteiger partial charge in [0.05, 0.1) is 19.3 Å². The van der Waals surface area contributed by atoms with Gasteiger partial charge < -0.3 is 20.7 Å². The van der Waals surface area contributed by atoms with E-state index in [1.165, 1.54) is 5.56 Å². The summed E-state index contributed by atoms with van der Waals surface area (Å²) in [7, 11) is 3.82. The average molecular weight is 367 g/mol. The number of anilines is 1. The van der Waals surface area contributed by atoms with Gasteiger partial charge in [0.25, 0.3) is 0 Å². The van der Waals surface area contributed by atoms with Crippen molar-refractivity contribution in [2.24, 2.45) is 10.7 Å². The molecule has 0 radical (unpaired) electrons. The Labute approximate surface area is 161 Å². The fourth-order valence-corrected chi connectivity index (χ4v) is 3.12. The number of nitrogens with two attached hydrogens (primary N) is 1. The van der Waals surface area contributed by atoms with E-state index >= 15 is 0 Å². The molecule has 0 bridgehead atoms. The van der Waals surface area contributed by atoms with Crippen LogP contribution in [0.3, 0.4) is 0 Å². The van der Waals surface area contributed by atoms with Crippen LogP contribution in [0.5, 0.6) is 5.75 Å². The SMILES string of the molecule is COc1ccccc1NC(N)=NCc1ccc(CN2CCN(C)CC2)cc1. The fraction of sp³-hybridized carbons (Fsp3) is 0.381. The molecule has 27 heavy (non-hydrogen) atoms. The van der Waals surface area contributed by atoms with Crippen LogP contribution in [0.1, 0.15) is 11.1 Å². The lowest BCUT2D eigenvalue weighted by Crippen LogP contribution is -2.43. The van der Waals surface area contributed by atoms with Gasteiger partial charge in [-0.05, 0) is 30.3 Å². The highest BCUT2D eigenvalue weighted by Crippen LogP contribution is 2.22. The first-order valence-corrected chi connectivity index (χ1v) is 9.33. The second kappa shape index (κ2) is 9.39. The van der Waals surface area contributed by atoms with Gasteiger partial charge in [0.1, 0.15) is 5.75 Å². The van der Waals surface area contributed by atoms with Gasteiger partial charge in [-0.15, -0.1) is 0 Å². The number of aliphatic imine (C=N–C) groups is 1. The van der Waals surface area contributed by atoms with Crippen molar-refractivity contribution in [2.75, 3.05) is 45.7 Å². The summed E-state index contributed by atoms with van der Waals surface area (Å²) in [6.45, 7) is 6.11. The van der Waals surface area contributed by atoms with E-state index < -0.39 is 0 Å². The summed E-state index contributed by atoms with van der Waals surface area (Å²) >= 11 is 0. The largest absolute Gasteiger partial charge is 0.495 e. The third-order valence-electron chi connectivity index (χ3n) is 4.83. The van der Waals surface area contributed by atoms with E-state index in [9.17, 15) is 0 Å². The Hall–Kier alpha value is -2.57. The maximum atomic E-state index is 6.01. The normalized spacial score (nSPS) is 16.3. The molecule has 144 valence electrons. The molecule has 0 amide bonds. The Balaban J connectivity index is 1.52. The van der Waals surface area contributed by atoms with Gasteiger partial charge in [-0.3, -0.25) is 4.90 Å². The van der Waals surface area contributed by atoms with Crippen molar-refractivity contribution < 1.29 is 4.74 Å². The highest BCUT2D eigenvalue weighted by atomic mass is 16.5. The van der Waals surface area contributed by atoms with Gasteiger partial charge in [-0.25, -0.2) is 4.99 Å². The van der Waals surface area contributed by atoms with E-state index in [-0.39, 0.29) is 0 Å². The number of guanidine groups is 1. The van der Waals surface area contributed by atoms with E-state index in [2.05, 4.69) is 51.4 Å². The van der Waals surface area contributed by atoms with Gasteiger partial charge in [0, 0.05) is 32.7 Å². The zero-order chi connectivity index (χ0) is 19.1. The van der Waals surface area contributed by atoms with Crippen molar-refractivity contribution >= 4 is 11.6 Å².